The van der Waals surface area contributed by atoms with Gasteiger partial charge in [-0.1, -0.05) is 11.6 Å². The molecule has 0 spiro atoms. The summed E-state index contributed by atoms with van der Waals surface area (Å²) in [5, 5.41) is 0.479. The molecule has 2 unspecified atom stereocenters. The fraction of sp³-hybridized carbons (Fsp3) is 0.308. The van der Waals surface area contributed by atoms with Crippen molar-refractivity contribution in [2.45, 2.75) is 18.3 Å². The third-order valence-corrected chi connectivity index (χ3v) is 4.39. The van der Waals surface area contributed by atoms with E-state index in [2.05, 4.69) is 9.97 Å². The summed E-state index contributed by atoms with van der Waals surface area (Å²) in [4.78, 5) is 7.24. The van der Waals surface area contributed by atoms with Crippen LogP contribution in [-0.2, 0) is 11.8 Å². The maximum Gasteiger partial charge on any atom is 0.128 e. The van der Waals surface area contributed by atoms with Crippen LogP contribution in [0.25, 0.3) is 0 Å². The molecule has 1 aromatic carbocycles. The number of rotatable bonds is 1. The molecule has 1 saturated carbocycles. The van der Waals surface area contributed by atoms with E-state index in [4.69, 9.17) is 11.6 Å². The van der Waals surface area contributed by atoms with Gasteiger partial charge in [0.1, 0.15) is 5.82 Å². The standard InChI is InChI=1S/C13H10ClFN2/c14-8-2-10-9(11(15)3-8)1-7-4-13(7,10)12-5-16-6-17-12/h2-3,5-7H,1,4H2,(H,16,17). The Morgan fingerprint density at radius 2 is 2.35 bits per heavy atom. The summed E-state index contributed by atoms with van der Waals surface area (Å²) in [6.45, 7) is 0. The van der Waals surface area contributed by atoms with Gasteiger partial charge in [0.25, 0.3) is 0 Å². The molecule has 17 heavy (non-hydrogen) atoms. The molecule has 2 aliphatic rings. The summed E-state index contributed by atoms with van der Waals surface area (Å²) in [5.41, 5.74) is 2.93. The second kappa shape index (κ2) is 2.91. The van der Waals surface area contributed by atoms with Crippen LogP contribution < -0.4 is 0 Å². The number of aromatic nitrogens is 2. The van der Waals surface area contributed by atoms with Gasteiger partial charge in [0.15, 0.2) is 0 Å². The average Bonchev–Trinajstić information content (AvgIpc) is 2.71. The molecule has 2 aromatic rings. The molecule has 0 saturated heterocycles. The summed E-state index contributed by atoms with van der Waals surface area (Å²) in [5.74, 6) is 0.338. The molecule has 4 heteroatoms. The van der Waals surface area contributed by atoms with E-state index in [-0.39, 0.29) is 11.2 Å². The Labute approximate surface area is 103 Å². The molecule has 0 amide bonds. The molecule has 2 aliphatic carbocycles. The first kappa shape index (κ1) is 9.66. The van der Waals surface area contributed by atoms with Crippen LogP contribution in [0.5, 0.6) is 0 Å². The summed E-state index contributed by atoms with van der Waals surface area (Å²) in [6, 6.07) is 3.32. The van der Waals surface area contributed by atoms with Crippen LogP contribution in [0, 0.1) is 11.7 Å². The zero-order chi connectivity index (χ0) is 11.6. The lowest BCUT2D eigenvalue weighted by Crippen LogP contribution is -2.10. The largest absolute Gasteiger partial charge is 0.348 e. The summed E-state index contributed by atoms with van der Waals surface area (Å²) in [7, 11) is 0. The average molecular weight is 249 g/mol. The fourth-order valence-electron chi connectivity index (χ4n) is 3.34. The van der Waals surface area contributed by atoms with Crippen molar-refractivity contribution in [2.24, 2.45) is 5.92 Å². The van der Waals surface area contributed by atoms with Crippen LogP contribution in [0.4, 0.5) is 4.39 Å². The number of hydrogen-bond acceptors (Lipinski definition) is 1. The van der Waals surface area contributed by atoms with Gasteiger partial charge in [-0.25, -0.2) is 9.37 Å². The molecule has 2 nitrogen and oxygen atoms in total. The van der Waals surface area contributed by atoms with Gasteiger partial charge in [-0.3, -0.25) is 0 Å². The monoisotopic (exact) mass is 248 g/mol. The van der Waals surface area contributed by atoms with E-state index in [0.29, 0.717) is 10.9 Å². The van der Waals surface area contributed by atoms with E-state index in [1.807, 2.05) is 12.3 Å². The van der Waals surface area contributed by atoms with Crippen LogP contribution in [0.2, 0.25) is 5.02 Å². The first-order chi connectivity index (χ1) is 8.22. The molecule has 86 valence electrons. The van der Waals surface area contributed by atoms with Crippen molar-refractivity contribution in [3.8, 4) is 0 Å². The number of fused-ring (bicyclic) bond motifs is 3. The molecule has 4 rings (SSSR count). The van der Waals surface area contributed by atoms with Gasteiger partial charge >= 0.3 is 0 Å². The molecular weight excluding hydrogens is 239 g/mol. The van der Waals surface area contributed by atoms with E-state index in [1.54, 1.807) is 6.33 Å². The van der Waals surface area contributed by atoms with E-state index >= 15 is 0 Å². The highest BCUT2D eigenvalue weighted by molar-refractivity contribution is 6.30. The molecule has 1 fully saturated rings. The number of nitrogens with one attached hydrogen (secondary N) is 1. The van der Waals surface area contributed by atoms with E-state index in [1.165, 1.54) is 6.07 Å². The highest BCUT2D eigenvalue weighted by Gasteiger charge is 2.62. The zero-order valence-electron chi connectivity index (χ0n) is 9.00. The van der Waals surface area contributed by atoms with E-state index in [0.717, 1.165) is 29.7 Å². The minimum absolute atomic E-state index is 0.0441. The number of benzene rings is 1. The van der Waals surface area contributed by atoms with E-state index < -0.39 is 0 Å². The van der Waals surface area contributed by atoms with Gasteiger partial charge in [-0.05, 0) is 42.0 Å². The predicted octanol–water partition coefficient (Wildman–Crippen LogP) is 3.06. The van der Waals surface area contributed by atoms with E-state index in [9.17, 15) is 4.39 Å². The van der Waals surface area contributed by atoms with Gasteiger partial charge in [-0.2, -0.15) is 0 Å². The zero-order valence-corrected chi connectivity index (χ0v) is 9.76. The Morgan fingerprint density at radius 3 is 3.12 bits per heavy atom. The van der Waals surface area contributed by atoms with Crippen molar-refractivity contribution < 1.29 is 4.39 Å². The van der Waals surface area contributed by atoms with Crippen LogP contribution in [0.3, 0.4) is 0 Å². The Hall–Kier alpha value is -1.35. The second-order valence-corrected chi connectivity index (χ2v) is 5.39. The molecule has 0 aliphatic heterocycles. The molecule has 2 atom stereocenters. The van der Waals surface area contributed by atoms with Gasteiger partial charge < -0.3 is 4.98 Å². The Kier molecular flexibility index (Phi) is 1.65. The van der Waals surface area contributed by atoms with Crippen molar-refractivity contribution in [3.63, 3.8) is 0 Å². The number of imidazole rings is 1. The van der Waals surface area contributed by atoms with Gasteiger partial charge in [0.2, 0.25) is 0 Å². The molecule has 1 N–H and O–H groups in total. The quantitative estimate of drug-likeness (QED) is 0.826. The summed E-state index contributed by atoms with van der Waals surface area (Å²) >= 11 is 5.97. The lowest BCUT2D eigenvalue weighted by atomic mass is 9.92. The van der Waals surface area contributed by atoms with Crippen molar-refractivity contribution >= 4 is 11.6 Å². The SMILES string of the molecule is Fc1cc(Cl)cc2c1CC1CC21c1cnc[nH]1. The van der Waals surface area contributed by atoms with Crippen molar-refractivity contribution in [1.29, 1.82) is 0 Å². The maximum absolute atomic E-state index is 13.8. The van der Waals surface area contributed by atoms with Gasteiger partial charge in [0, 0.05) is 22.3 Å². The first-order valence-corrected chi connectivity index (χ1v) is 6.07. The number of aromatic amines is 1. The minimum Gasteiger partial charge on any atom is -0.348 e. The van der Waals surface area contributed by atoms with Gasteiger partial charge in [0.05, 0.1) is 6.33 Å². The Balaban J connectivity index is 1.97. The topological polar surface area (TPSA) is 28.7 Å². The van der Waals surface area contributed by atoms with Crippen LogP contribution in [-0.4, -0.2) is 9.97 Å². The molecule has 1 heterocycles. The number of halogens is 2. The number of nitrogens with zero attached hydrogens (tertiary/aromatic N) is 1. The fourth-order valence-corrected chi connectivity index (χ4v) is 3.54. The Bertz CT molecular complexity index is 608. The second-order valence-electron chi connectivity index (χ2n) is 4.96. The lowest BCUT2D eigenvalue weighted by molar-refractivity contribution is 0.607. The van der Waals surface area contributed by atoms with Crippen LogP contribution in [0.15, 0.2) is 24.7 Å². The third kappa shape index (κ3) is 1.08. The van der Waals surface area contributed by atoms with Gasteiger partial charge in [-0.15, -0.1) is 0 Å². The first-order valence-electron chi connectivity index (χ1n) is 5.69. The van der Waals surface area contributed by atoms with Crippen LogP contribution >= 0.6 is 11.6 Å². The highest BCUT2D eigenvalue weighted by atomic mass is 35.5. The summed E-state index contributed by atoms with van der Waals surface area (Å²) in [6.07, 6.45) is 5.41. The maximum atomic E-state index is 13.8. The molecule has 1 aromatic heterocycles. The highest BCUT2D eigenvalue weighted by Crippen LogP contribution is 2.65. The van der Waals surface area contributed by atoms with Crippen molar-refractivity contribution in [1.82, 2.24) is 9.97 Å². The van der Waals surface area contributed by atoms with Crippen molar-refractivity contribution in [3.05, 3.63) is 52.3 Å². The third-order valence-electron chi connectivity index (χ3n) is 4.18. The Morgan fingerprint density at radius 1 is 1.47 bits per heavy atom. The van der Waals surface area contributed by atoms with Crippen molar-refractivity contribution in [2.75, 3.05) is 0 Å². The minimum atomic E-state index is -0.168. The molecular formula is C13H10ClFN2. The number of hydrogen-bond donors (Lipinski definition) is 1. The molecule has 0 bridgehead atoms. The number of H-pyrrole nitrogens is 1. The smallest absolute Gasteiger partial charge is 0.128 e. The predicted molar refractivity (Wildman–Crippen MR) is 62.6 cm³/mol. The molecule has 0 radical (unpaired) electrons. The van der Waals surface area contributed by atoms with Crippen LogP contribution in [0.1, 0.15) is 23.2 Å². The summed E-state index contributed by atoms with van der Waals surface area (Å²) < 4.78 is 13.8. The lowest BCUT2D eigenvalue weighted by Gasteiger charge is -2.14. The normalized spacial score (nSPS) is 28.9.